The third kappa shape index (κ3) is 3.94. The second-order valence-electron chi connectivity index (χ2n) is 7.50. The quantitative estimate of drug-likeness (QED) is 0.498. The van der Waals surface area contributed by atoms with E-state index in [0.29, 0.717) is 13.1 Å². The molecule has 2 aromatic heterocycles. The Kier molecular flexibility index (Phi) is 5.57. The van der Waals surface area contributed by atoms with Gasteiger partial charge in [-0.15, -0.1) is 0 Å². The molecule has 0 fully saturated rings. The van der Waals surface area contributed by atoms with Crippen LogP contribution in [0.3, 0.4) is 0 Å². The van der Waals surface area contributed by atoms with E-state index in [9.17, 15) is 9.59 Å². The first-order valence-electron chi connectivity index (χ1n) is 10.2. The number of carbonyl (C=O) groups excluding carboxylic acids is 2. The lowest BCUT2D eigenvalue weighted by Gasteiger charge is -2.08. The van der Waals surface area contributed by atoms with E-state index in [2.05, 4.69) is 56.6 Å². The van der Waals surface area contributed by atoms with Crippen molar-refractivity contribution < 1.29 is 9.59 Å². The van der Waals surface area contributed by atoms with Crippen LogP contribution in [0.1, 0.15) is 25.0 Å². The molecular formula is C24H26N4O2. The number of nitrogens with zero attached hydrogens (tertiary/aromatic N) is 2. The Labute approximate surface area is 175 Å². The van der Waals surface area contributed by atoms with Crippen molar-refractivity contribution in [1.82, 2.24) is 20.0 Å². The maximum atomic E-state index is 11.3. The van der Waals surface area contributed by atoms with Gasteiger partial charge in [-0.2, -0.15) is 0 Å². The fourth-order valence-electron chi connectivity index (χ4n) is 3.96. The van der Waals surface area contributed by atoms with Gasteiger partial charge in [0.2, 0.25) is 11.8 Å². The first-order chi connectivity index (χ1) is 14.5. The number of carbonyl (C=O) groups is 2. The number of rotatable bonds is 7. The average Bonchev–Trinajstić information content (AvgIpc) is 3.27. The molecular weight excluding hydrogens is 376 g/mol. The SMILES string of the molecule is CC(=O)NCCc1cn(-n2cc(CCNC(C)=O)c3ccccc32)c2ccccc12. The highest BCUT2D eigenvalue weighted by atomic mass is 16.2. The minimum Gasteiger partial charge on any atom is -0.356 e. The number of nitrogens with one attached hydrogen (secondary N) is 2. The molecule has 0 bridgehead atoms. The molecule has 2 N–H and O–H groups in total. The van der Waals surface area contributed by atoms with Crippen molar-refractivity contribution in [3.05, 3.63) is 72.1 Å². The largest absolute Gasteiger partial charge is 0.356 e. The van der Waals surface area contributed by atoms with Crippen LogP contribution in [0.5, 0.6) is 0 Å². The van der Waals surface area contributed by atoms with Crippen LogP contribution in [0.4, 0.5) is 0 Å². The first kappa shape index (κ1) is 19.8. The Hall–Kier alpha value is -3.54. The normalized spacial score (nSPS) is 11.1. The molecule has 4 rings (SSSR count). The lowest BCUT2D eigenvalue weighted by Crippen LogP contribution is -2.22. The van der Waals surface area contributed by atoms with E-state index >= 15 is 0 Å². The van der Waals surface area contributed by atoms with Crippen LogP contribution < -0.4 is 10.6 Å². The number of amides is 2. The Morgan fingerprint density at radius 1 is 0.700 bits per heavy atom. The zero-order valence-electron chi connectivity index (χ0n) is 17.3. The zero-order valence-corrected chi connectivity index (χ0v) is 17.3. The molecule has 6 heteroatoms. The van der Waals surface area contributed by atoms with Gasteiger partial charge >= 0.3 is 0 Å². The number of benzene rings is 2. The Bertz CT molecular complexity index is 1120. The van der Waals surface area contributed by atoms with E-state index in [-0.39, 0.29) is 11.8 Å². The smallest absolute Gasteiger partial charge is 0.216 e. The summed E-state index contributed by atoms with van der Waals surface area (Å²) in [6.07, 6.45) is 5.83. The minimum absolute atomic E-state index is 0.0149. The molecule has 0 aliphatic rings. The molecule has 2 aromatic carbocycles. The monoisotopic (exact) mass is 402 g/mol. The molecule has 0 atom stereocenters. The van der Waals surface area contributed by atoms with Crippen molar-refractivity contribution in [1.29, 1.82) is 0 Å². The van der Waals surface area contributed by atoms with Crippen molar-refractivity contribution in [2.45, 2.75) is 26.7 Å². The summed E-state index contributed by atoms with van der Waals surface area (Å²) < 4.78 is 4.34. The van der Waals surface area contributed by atoms with Gasteiger partial charge in [0.25, 0.3) is 0 Å². The van der Waals surface area contributed by atoms with Gasteiger partial charge in [0.15, 0.2) is 0 Å². The fraction of sp³-hybridized carbons (Fsp3) is 0.250. The average molecular weight is 402 g/mol. The molecule has 0 radical (unpaired) electrons. The van der Waals surface area contributed by atoms with Crippen LogP contribution >= 0.6 is 0 Å². The summed E-state index contributed by atoms with van der Waals surface area (Å²) in [5.74, 6) is -0.0297. The lowest BCUT2D eigenvalue weighted by atomic mass is 10.1. The summed E-state index contributed by atoms with van der Waals surface area (Å²) in [6, 6.07) is 16.6. The summed E-state index contributed by atoms with van der Waals surface area (Å²) in [7, 11) is 0. The highest BCUT2D eigenvalue weighted by Crippen LogP contribution is 2.27. The number of hydrogen-bond acceptors (Lipinski definition) is 2. The predicted octanol–water partition coefficient (Wildman–Crippen LogP) is 3.26. The highest BCUT2D eigenvalue weighted by molar-refractivity contribution is 5.87. The number of para-hydroxylation sites is 2. The van der Waals surface area contributed by atoms with E-state index in [1.807, 2.05) is 24.3 Å². The molecule has 30 heavy (non-hydrogen) atoms. The third-order valence-corrected chi connectivity index (χ3v) is 5.32. The molecule has 4 aromatic rings. The number of fused-ring (bicyclic) bond motifs is 2. The van der Waals surface area contributed by atoms with Crippen molar-refractivity contribution in [2.75, 3.05) is 13.1 Å². The molecule has 0 aliphatic carbocycles. The molecule has 154 valence electrons. The van der Waals surface area contributed by atoms with Gasteiger partial charge in [0.05, 0.1) is 11.0 Å². The molecule has 0 saturated carbocycles. The summed E-state index contributed by atoms with van der Waals surface area (Å²) in [5.41, 5.74) is 4.61. The topological polar surface area (TPSA) is 68.1 Å². The van der Waals surface area contributed by atoms with E-state index in [0.717, 1.165) is 23.9 Å². The fourth-order valence-corrected chi connectivity index (χ4v) is 3.96. The Morgan fingerprint density at radius 2 is 1.10 bits per heavy atom. The summed E-state index contributed by atoms with van der Waals surface area (Å²) in [6.45, 7) is 4.30. The van der Waals surface area contributed by atoms with E-state index in [1.54, 1.807) is 0 Å². The second-order valence-corrected chi connectivity index (χ2v) is 7.50. The lowest BCUT2D eigenvalue weighted by molar-refractivity contribution is -0.119. The standard InChI is InChI=1S/C24H26N4O2/c1-17(29)25-13-11-19-15-27(23-9-5-3-7-21(19)23)28-16-20(12-14-26-18(2)30)22-8-4-6-10-24(22)28/h3-10,15-16H,11-14H2,1-2H3,(H,25,29)(H,26,30). The van der Waals surface area contributed by atoms with Crippen molar-refractivity contribution >= 4 is 33.6 Å². The van der Waals surface area contributed by atoms with Gasteiger partial charge in [-0.3, -0.25) is 18.9 Å². The zero-order chi connectivity index (χ0) is 21.1. The van der Waals surface area contributed by atoms with E-state index in [1.165, 1.54) is 35.7 Å². The van der Waals surface area contributed by atoms with Crippen LogP contribution in [-0.2, 0) is 22.4 Å². The Balaban J connectivity index is 1.76. The van der Waals surface area contributed by atoms with Gasteiger partial charge in [0.1, 0.15) is 0 Å². The molecule has 2 heterocycles. The molecule has 0 aliphatic heterocycles. The van der Waals surface area contributed by atoms with Crippen LogP contribution in [0.25, 0.3) is 21.8 Å². The van der Waals surface area contributed by atoms with Crippen molar-refractivity contribution in [2.24, 2.45) is 0 Å². The van der Waals surface area contributed by atoms with Gasteiger partial charge in [-0.25, -0.2) is 0 Å². The van der Waals surface area contributed by atoms with Crippen LogP contribution in [0.15, 0.2) is 60.9 Å². The number of aromatic nitrogens is 2. The molecule has 6 nitrogen and oxygen atoms in total. The maximum Gasteiger partial charge on any atom is 0.216 e. The number of hydrogen-bond donors (Lipinski definition) is 2. The maximum absolute atomic E-state index is 11.3. The van der Waals surface area contributed by atoms with Gasteiger partial charge < -0.3 is 10.6 Å². The molecule has 0 spiro atoms. The molecule has 2 amide bonds. The van der Waals surface area contributed by atoms with E-state index in [4.69, 9.17) is 0 Å². The first-order valence-corrected chi connectivity index (χ1v) is 10.2. The van der Waals surface area contributed by atoms with Crippen LogP contribution in [0, 0.1) is 0 Å². The van der Waals surface area contributed by atoms with E-state index < -0.39 is 0 Å². The third-order valence-electron chi connectivity index (χ3n) is 5.32. The van der Waals surface area contributed by atoms with Crippen LogP contribution in [0.2, 0.25) is 0 Å². The molecule has 0 unspecified atom stereocenters. The molecule has 0 saturated heterocycles. The predicted molar refractivity (Wildman–Crippen MR) is 119 cm³/mol. The second kappa shape index (κ2) is 8.45. The van der Waals surface area contributed by atoms with Crippen LogP contribution in [-0.4, -0.2) is 34.3 Å². The summed E-state index contributed by atoms with van der Waals surface area (Å²) in [5, 5.41) is 8.13. The minimum atomic E-state index is -0.0149. The Morgan fingerprint density at radius 3 is 1.50 bits per heavy atom. The summed E-state index contributed by atoms with van der Waals surface area (Å²) in [4.78, 5) is 22.5. The summed E-state index contributed by atoms with van der Waals surface area (Å²) >= 11 is 0. The highest BCUT2D eigenvalue weighted by Gasteiger charge is 2.14. The van der Waals surface area contributed by atoms with Gasteiger partial charge in [-0.1, -0.05) is 36.4 Å². The van der Waals surface area contributed by atoms with Gasteiger partial charge in [-0.05, 0) is 36.1 Å². The van der Waals surface area contributed by atoms with Crippen molar-refractivity contribution in [3.63, 3.8) is 0 Å². The van der Waals surface area contributed by atoms with Crippen molar-refractivity contribution in [3.8, 4) is 0 Å². The van der Waals surface area contributed by atoms with Gasteiger partial charge in [0, 0.05) is 50.1 Å².